The Kier molecular flexibility index (Phi) is 5.83. The molecule has 6 heteroatoms. The number of halogens is 1. The summed E-state index contributed by atoms with van der Waals surface area (Å²) in [5.74, 6) is -0.706. The summed E-state index contributed by atoms with van der Waals surface area (Å²) in [7, 11) is 1.39. The molecular formula is C18H27FN2O3. The van der Waals surface area contributed by atoms with E-state index in [1.54, 1.807) is 6.07 Å². The molecule has 2 atom stereocenters. The van der Waals surface area contributed by atoms with Crippen LogP contribution in [0.25, 0.3) is 0 Å². The van der Waals surface area contributed by atoms with Gasteiger partial charge in [0, 0.05) is 30.7 Å². The SMILES string of the molecule is COc1ccc(C(=O)NCC(C)(C)N2CC(C)OC(C)C2)cc1F. The molecule has 1 amide bonds. The highest BCUT2D eigenvalue weighted by Gasteiger charge is 2.33. The number of benzene rings is 1. The van der Waals surface area contributed by atoms with E-state index >= 15 is 0 Å². The minimum atomic E-state index is -0.541. The minimum Gasteiger partial charge on any atom is -0.494 e. The lowest BCUT2D eigenvalue weighted by molar-refractivity contribution is -0.0948. The van der Waals surface area contributed by atoms with E-state index in [4.69, 9.17) is 9.47 Å². The fourth-order valence-corrected chi connectivity index (χ4v) is 2.99. The van der Waals surface area contributed by atoms with Gasteiger partial charge in [0.2, 0.25) is 0 Å². The highest BCUT2D eigenvalue weighted by atomic mass is 19.1. The second kappa shape index (κ2) is 7.49. The first-order valence-corrected chi connectivity index (χ1v) is 8.25. The number of hydrogen-bond acceptors (Lipinski definition) is 4. The topological polar surface area (TPSA) is 50.8 Å². The van der Waals surface area contributed by atoms with E-state index in [0.717, 1.165) is 13.1 Å². The van der Waals surface area contributed by atoms with E-state index in [0.29, 0.717) is 6.54 Å². The molecule has 1 saturated heterocycles. The first-order valence-electron chi connectivity index (χ1n) is 8.25. The zero-order valence-electron chi connectivity index (χ0n) is 15.1. The second-order valence-corrected chi connectivity index (χ2v) is 7.01. The van der Waals surface area contributed by atoms with Crippen LogP contribution in [0.1, 0.15) is 38.1 Å². The van der Waals surface area contributed by atoms with Crippen molar-refractivity contribution in [2.24, 2.45) is 0 Å². The molecule has 2 rings (SSSR count). The van der Waals surface area contributed by atoms with Gasteiger partial charge in [-0.15, -0.1) is 0 Å². The van der Waals surface area contributed by atoms with Crippen molar-refractivity contribution < 1.29 is 18.7 Å². The van der Waals surface area contributed by atoms with Crippen molar-refractivity contribution in [1.29, 1.82) is 0 Å². The summed E-state index contributed by atoms with van der Waals surface area (Å²) in [6, 6.07) is 4.21. The summed E-state index contributed by atoms with van der Waals surface area (Å²) in [6.45, 7) is 10.4. The third-order valence-electron chi connectivity index (χ3n) is 4.37. The number of carbonyl (C=O) groups excluding carboxylic acids is 1. The molecule has 24 heavy (non-hydrogen) atoms. The van der Waals surface area contributed by atoms with Crippen LogP contribution < -0.4 is 10.1 Å². The van der Waals surface area contributed by atoms with Gasteiger partial charge in [0.05, 0.1) is 19.3 Å². The average Bonchev–Trinajstić information content (AvgIpc) is 2.51. The number of nitrogens with zero attached hydrogens (tertiary/aromatic N) is 1. The Hall–Kier alpha value is -1.66. The van der Waals surface area contributed by atoms with Crippen LogP contribution in [0.5, 0.6) is 5.75 Å². The molecule has 1 aliphatic heterocycles. The molecule has 0 aliphatic carbocycles. The summed E-state index contributed by atoms with van der Waals surface area (Å²) in [5.41, 5.74) is 0.0697. The van der Waals surface area contributed by atoms with Crippen molar-refractivity contribution in [3.05, 3.63) is 29.6 Å². The fourth-order valence-electron chi connectivity index (χ4n) is 2.99. The number of amides is 1. The fraction of sp³-hybridized carbons (Fsp3) is 0.611. The lowest BCUT2D eigenvalue weighted by atomic mass is 10.00. The third-order valence-corrected chi connectivity index (χ3v) is 4.37. The molecule has 0 radical (unpaired) electrons. The van der Waals surface area contributed by atoms with Crippen molar-refractivity contribution in [2.45, 2.75) is 45.4 Å². The molecule has 1 fully saturated rings. The first-order chi connectivity index (χ1) is 11.2. The van der Waals surface area contributed by atoms with Gasteiger partial charge in [-0.2, -0.15) is 0 Å². The van der Waals surface area contributed by atoms with Gasteiger partial charge >= 0.3 is 0 Å². The van der Waals surface area contributed by atoms with Crippen LogP contribution in [0.15, 0.2) is 18.2 Å². The monoisotopic (exact) mass is 338 g/mol. The summed E-state index contributed by atoms with van der Waals surface area (Å²) >= 11 is 0. The molecule has 5 nitrogen and oxygen atoms in total. The molecule has 1 heterocycles. The number of ether oxygens (including phenoxy) is 2. The molecule has 134 valence electrons. The highest BCUT2D eigenvalue weighted by molar-refractivity contribution is 5.94. The van der Waals surface area contributed by atoms with Gasteiger partial charge in [-0.1, -0.05) is 0 Å². The van der Waals surface area contributed by atoms with Gasteiger partial charge in [-0.25, -0.2) is 4.39 Å². The van der Waals surface area contributed by atoms with Gasteiger partial charge in [0.25, 0.3) is 5.91 Å². The molecular weight excluding hydrogens is 311 g/mol. The predicted molar refractivity (Wildman–Crippen MR) is 90.9 cm³/mol. The van der Waals surface area contributed by atoms with Crippen LogP contribution in [-0.4, -0.2) is 55.3 Å². The summed E-state index contributed by atoms with van der Waals surface area (Å²) in [6.07, 6.45) is 0.332. The van der Waals surface area contributed by atoms with Crippen molar-refractivity contribution >= 4 is 5.91 Å². The van der Waals surface area contributed by atoms with Gasteiger partial charge in [0.1, 0.15) is 0 Å². The van der Waals surface area contributed by atoms with Crippen LogP contribution in [0.2, 0.25) is 0 Å². The first kappa shape index (κ1) is 18.7. The number of nitrogens with one attached hydrogen (secondary N) is 1. The standard InChI is InChI=1S/C18H27FN2O3/c1-12-9-21(10-13(2)24-12)18(3,4)11-20-17(22)14-6-7-16(23-5)15(19)8-14/h6-8,12-13H,9-11H2,1-5H3,(H,20,22). The lowest BCUT2D eigenvalue weighted by Crippen LogP contribution is -2.58. The highest BCUT2D eigenvalue weighted by Crippen LogP contribution is 2.21. The van der Waals surface area contributed by atoms with Crippen molar-refractivity contribution in [3.63, 3.8) is 0 Å². The number of rotatable bonds is 5. The Morgan fingerprint density at radius 3 is 2.54 bits per heavy atom. The summed E-state index contributed by atoms with van der Waals surface area (Å²) in [4.78, 5) is 14.6. The van der Waals surface area contributed by atoms with E-state index < -0.39 is 5.82 Å². The van der Waals surface area contributed by atoms with Crippen LogP contribution in [-0.2, 0) is 4.74 Å². The number of carbonyl (C=O) groups is 1. The Balaban J connectivity index is 1.98. The summed E-state index contributed by atoms with van der Waals surface area (Å²) in [5, 5.41) is 2.90. The van der Waals surface area contributed by atoms with Crippen molar-refractivity contribution in [3.8, 4) is 5.75 Å². The van der Waals surface area contributed by atoms with Crippen LogP contribution >= 0.6 is 0 Å². The maximum atomic E-state index is 13.7. The quantitative estimate of drug-likeness (QED) is 0.896. The Morgan fingerprint density at radius 2 is 2.00 bits per heavy atom. The van der Waals surface area contributed by atoms with Crippen molar-refractivity contribution in [2.75, 3.05) is 26.7 Å². The van der Waals surface area contributed by atoms with E-state index in [1.807, 2.05) is 0 Å². The normalized spacial score (nSPS) is 22.2. The van der Waals surface area contributed by atoms with E-state index in [2.05, 4.69) is 37.9 Å². The number of hydrogen-bond donors (Lipinski definition) is 1. The second-order valence-electron chi connectivity index (χ2n) is 7.01. The predicted octanol–water partition coefficient (Wildman–Crippen LogP) is 2.45. The van der Waals surface area contributed by atoms with Gasteiger partial charge in [-0.3, -0.25) is 9.69 Å². The van der Waals surface area contributed by atoms with E-state index in [9.17, 15) is 9.18 Å². The molecule has 1 aromatic rings. The number of morpholine rings is 1. The molecule has 2 unspecified atom stereocenters. The molecule has 0 aromatic heterocycles. The van der Waals surface area contributed by atoms with Crippen molar-refractivity contribution in [1.82, 2.24) is 10.2 Å². The van der Waals surface area contributed by atoms with E-state index in [1.165, 1.54) is 19.2 Å². The van der Waals surface area contributed by atoms with Gasteiger partial charge in [-0.05, 0) is 45.9 Å². The third kappa shape index (κ3) is 4.45. The molecule has 0 saturated carbocycles. The minimum absolute atomic E-state index is 0.128. The largest absolute Gasteiger partial charge is 0.494 e. The maximum absolute atomic E-state index is 13.7. The molecule has 0 bridgehead atoms. The Bertz CT molecular complexity index is 582. The van der Waals surface area contributed by atoms with Crippen LogP contribution in [0.3, 0.4) is 0 Å². The van der Waals surface area contributed by atoms with E-state index in [-0.39, 0.29) is 35.0 Å². The lowest BCUT2D eigenvalue weighted by Gasteiger charge is -2.45. The molecule has 1 aromatic carbocycles. The summed E-state index contributed by atoms with van der Waals surface area (Å²) < 4.78 is 24.4. The molecule has 1 aliphatic rings. The molecule has 1 N–H and O–H groups in total. The molecule has 0 spiro atoms. The Morgan fingerprint density at radius 1 is 1.38 bits per heavy atom. The average molecular weight is 338 g/mol. The zero-order valence-corrected chi connectivity index (χ0v) is 15.1. The van der Waals surface area contributed by atoms with Crippen LogP contribution in [0.4, 0.5) is 4.39 Å². The smallest absolute Gasteiger partial charge is 0.251 e. The van der Waals surface area contributed by atoms with Gasteiger partial charge < -0.3 is 14.8 Å². The maximum Gasteiger partial charge on any atom is 0.251 e. The number of methoxy groups -OCH3 is 1. The van der Waals surface area contributed by atoms with Gasteiger partial charge in [0.15, 0.2) is 11.6 Å². The zero-order chi connectivity index (χ0) is 17.9. The van der Waals surface area contributed by atoms with Crippen LogP contribution in [0, 0.1) is 5.82 Å². The Labute approximate surface area is 143 Å².